The van der Waals surface area contributed by atoms with Crippen LogP contribution >= 0.6 is 24.0 Å². The van der Waals surface area contributed by atoms with Crippen LogP contribution in [0.5, 0.6) is 0 Å². The van der Waals surface area contributed by atoms with Crippen molar-refractivity contribution in [2.75, 3.05) is 20.1 Å². The average Bonchev–Trinajstić information content (AvgIpc) is 2.55. The molecule has 0 atom stereocenters. The maximum Gasteiger partial charge on any atom is 0.191 e. The van der Waals surface area contributed by atoms with Crippen molar-refractivity contribution in [1.29, 1.82) is 0 Å². The van der Waals surface area contributed by atoms with Crippen molar-refractivity contribution in [2.45, 2.75) is 50.7 Å². The average molecular weight is 464 g/mol. The van der Waals surface area contributed by atoms with Crippen LogP contribution in [0.2, 0.25) is 0 Å². The second kappa shape index (κ2) is 9.66. The van der Waals surface area contributed by atoms with Crippen LogP contribution in [0.4, 0.5) is 8.78 Å². The van der Waals surface area contributed by atoms with Crippen LogP contribution in [0, 0.1) is 11.6 Å². The molecule has 1 saturated carbocycles. The topological polar surface area (TPSA) is 39.7 Å². The number of aliphatic imine (C=N–C) groups is 1. The Morgan fingerprint density at radius 3 is 2.24 bits per heavy atom. The predicted octanol–water partition coefficient (Wildman–Crippen LogP) is 3.26. The summed E-state index contributed by atoms with van der Waals surface area (Å²) in [6.45, 7) is 2.55. The molecule has 0 unspecified atom stereocenters. The smallest absolute Gasteiger partial charge is 0.191 e. The summed E-state index contributed by atoms with van der Waals surface area (Å²) in [6.07, 6.45) is 5.81. The zero-order chi connectivity index (χ0) is 16.9. The van der Waals surface area contributed by atoms with Crippen LogP contribution < -0.4 is 10.6 Å². The third-order valence-electron chi connectivity index (χ3n) is 4.99. The van der Waals surface area contributed by atoms with Crippen LogP contribution in [0.3, 0.4) is 0 Å². The van der Waals surface area contributed by atoms with Gasteiger partial charge in [-0.15, -0.1) is 24.0 Å². The van der Waals surface area contributed by atoms with Gasteiger partial charge in [-0.25, -0.2) is 8.78 Å². The van der Waals surface area contributed by atoms with E-state index in [0.717, 1.165) is 37.5 Å². The highest BCUT2D eigenvalue weighted by Crippen LogP contribution is 2.18. The van der Waals surface area contributed by atoms with Crippen molar-refractivity contribution in [1.82, 2.24) is 15.5 Å². The number of piperidine rings is 1. The zero-order valence-electron chi connectivity index (χ0n) is 14.6. The maximum absolute atomic E-state index is 13.3. The Labute approximate surface area is 165 Å². The monoisotopic (exact) mass is 464 g/mol. The molecule has 4 nitrogen and oxygen atoms in total. The molecule has 2 fully saturated rings. The number of nitrogens with zero attached hydrogens (tertiary/aromatic N) is 2. The predicted molar refractivity (Wildman–Crippen MR) is 107 cm³/mol. The maximum atomic E-state index is 13.3. The molecule has 0 radical (unpaired) electrons. The number of hydrogen-bond donors (Lipinski definition) is 2. The fraction of sp³-hybridized carbons (Fsp3) is 0.611. The van der Waals surface area contributed by atoms with Crippen LogP contribution in [-0.2, 0) is 6.54 Å². The number of rotatable bonds is 4. The fourth-order valence-corrected chi connectivity index (χ4v) is 3.24. The van der Waals surface area contributed by atoms with Gasteiger partial charge in [-0.3, -0.25) is 9.89 Å². The van der Waals surface area contributed by atoms with Crippen LogP contribution in [0.25, 0.3) is 0 Å². The number of guanidine groups is 1. The molecule has 0 spiro atoms. The molecule has 7 heteroatoms. The molecule has 1 aliphatic heterocycles. The molecule has 0 aromatic heterocycles. The molecule has 1 saturated heterocycles. The molecular weight excluding hydrogens is 437 g/mol. The summed E-state index contributed by atoms with van der Waals surface area (Å²) in [5.74, 6) is -0.652. The number of likely N-dealkylation sites (tertiary alicyclic amines) is 1. The molecule has 25 heavy (non-hydrogen) atoms. The Balaban J connectivity index is 0.00000225. The lowest BCUT2D eigenvalue weighted by atomic mass is 9.93. The molecule has 1 aromatic carbocycles. The summed E-state index contributed by atoms with van der Waals surface area (Å²) in [5, 5.41) is 6.97. The van der Waals surface area contributed by atoms with Gasteiger partial charge in [0.1, 0.15) is 0 Å². The Bertz CT molecular complexity index is 584. The van der Waals surface area contributed by atoms with Gasteiger partial charge in [0, 0.05) is 38.8 Å². The van der Waals surface area contributed by atoms with E-state index in [1.165, 1.54) is 31.4 Å². The van der Waals surface area contributed by atoms with E-state index < -0.39 is 11.6 Å². The van der Waals surface area contributed by atoms with E-state index in [-0.39, 0.29) is 24.0 Å². The standard InChI is InChI=1S/C18H26F2N4.HI/c1-21-18(22-14-3-2-4-14)23-15-7-9-24(10-8-15)12-13-5-6-16(19)17(20)11-13;/h5-6,11,14-15H,2-4,7-10,12H2,1H3,(H2,21,22,23);1H. The van der Waals surface area contributed by atoms with Crippen molar-refractivity contribution < 1.29 is 8.78 Å². The number of benzene rings is 1. The first-order chi connectivity index (χ1) is 11.6. The molecule has 0 bridgehead atoms. The van der Waals surface area contributed by atoms with E-state index in [4.69, 9.17) is 0 Å². The molecule has 140 valence electrons. The van der Waals surface area contributed by atoms with E-state index >= 15 is 0 Å². The minimum Gasteiger partial charge on any atom is -0.354 e. The van der Waals surface area contributed by atoms with Gasteiger partial charge < -0.3 is 10.6 Å². The molecule has 2 N–H and O–H groups in total. The van der Waals surface area contributed by atoms with Gasteiger partial charge in [0.2, 0.25) is 0 Å². The Morgan fingerprint density at radius 1 is 1.08 bits per heavy atom. The summed E-state index contributed by atoms with van der Waals surface area (Å²) >= 11 is 0. The first kappa shape index (κ1) is 20.4. The van der Waals surface area contributed by atoms with Gasteiger partial charge in [-0.2, -0.15) is 0 Å². The van der Waals surface area contributed by atoms with Crippen molar-refractivity contribution in [3.8, 4) is 0 Å². The second-order valence-corrected chi connectivity index (χ2v) is 6.79. The zero-order valence-corrected chi connectivity index (χ0v) is 16.9. The fourth-order valence-electron chi connectivity index (χ4n) is 3.24. The van der Waals surface area contributed by atoms with E-state index in [1.807, 2.05) is 7.05 Å². The Kier molecular flexibility index (Phi) is 7.86. The van der Waals surface area contributed by atoms with E-state index in [2.05, 4.69) is 20.5 Å². The summed E-state index contributed by atoms with van der Waals surface area (Å²) in [5.41, 5.74) is 0.822. The summed E-state index contributed by atoms with van der Waals surface area (Å²) < 4.78 is 26.3. The Hall–Kier alpha value is -0.960. The van der Waals surface area contributed by atoms with Crippen molar-refractivity contribution in [3.63, 3.8) is 0 Å². The third kappa shape index (κ3) is 5.77. The first-order valence-electron chi connectivity index (χ1n) is 8.80. The Morgan fingerprint density at radius 2 is 1.72 bits per heavy atom. The lowest BCUT2D eigenvalue weighted by Gasteiger charge is -2.34. The van der Waals surface area contributed by atoms with Gasteiger partial charge >= 0.3 is 0 Å². The van der Waals surface area contributed by atoms with E-state index in [9.17, 15) is 8.78 Å². The van der Waals surface area contributed by atoms with Gasteiger partial charge in [0.15, 0.2) is 17.6 Å². The second-order valence-electron chi connectivity index (χ2n) is 6.79. The van der Waals surface area contributed by atoms with Gasteiger partial charge in [0.25, 0.3) is 0 Å². The number of hydrogen-bond acceptors (Lipinski definition) is 2. The molecule has 0 amide bonds. The first-order valence-corrected chi connectivity index (χ1v) is 8.80. The highest BCUT2D eigenvalue weighted by Gasteiger charge is 2.23. The highest BCUT2D eigenvalue weighted by atomic mass is 127. The molecule has 1 aromatic rings. The lowest BCUT2D eigenvalue weighted by molar-refractivity contribution is 0.198. The van der Waals surface area contributed by atoms with Crippen molar-refractivity contribution >= 4 is 29.9 Å². The van der Waals surface area contributed by atoms with Gasteiger partial charge in [0.05, 0.1) is 0 Å². The highest BCUT2D eigenvalue weighted by molar-refractivity contribution is 14.0. The van der Waals surface area contributed by atoms with Crippen LogP contribution in [0.15, 0.2) is 23.2 Å². The summed E-state index contributed by atoms with van der Waals surface area (Å²) in [6, 6.07) is 5.15. The third-order valence-corrected chi connectivity index (χ3v) is 4.99. The van der Waals surface area contributed by atoms with E-state index in [0.29, 0.717) is 18.6 Å². The minimum absolute atomic E-state index is 0. The van der Waals surface area contributed by atoms with Gasteiger partial charge in [-0.05, 0) is 49.8 Å². The van der Waals surface area contributed by atoms with Crippen molar-refractivity contribution in [2.24, 2.45) is 4.99 Å². The molecule has 2 aliphatic rings. The van der Waals surface area contributed by atoms with E-state index in [1.54, 1.807) is 6.07 Å². The summed E-state index contributed by atoms with van der Waals surface area (Å²) in [4.78, 5) is 6.60. The SMILES string of the molecule is CN=C(NC1CCC1)NC1CCN(Cc2ccc(F)c(F)c2)CC1.I. The number of nitrogens with one attached hydrogen (secondary N) is 2. The molecule has 1 aliphatic carbocycles. The minimum atomic E-state index is -0.785. The quantitative estimate of drug-likeness (QED) is 0.409. The van der Waals surface area contributed by atoms with Crippen molar-refractivity contribution in [3.05, 3.63) is 35.4 Å². The largest absolute Gasteiger partial charge is 0.354 e. The molecule has 3 rings (SSSR count). The lowest BCUT2D eigenvalue weighted by Crippen LogP contribution is -2.52. The normalized spacial score (nSPS) is 19.9. The number of halogens is 3. The molecular formula is C18H27F2IN4. The summed E-state index contributed by atoms with van der Waals surface area (Å²) in [7, 11) is 1.81. The van der Waals surface area contributed by atoms with Crippen LogP contribution in [0.1, 0.15) is 37.7 Å². The molecule has 1 heterocycles. The van der Waals surface area contributed by atoms with Gasteiger partial charge in [-0.1, -0.05) is 6.07 Å². The van der Waals surface area contributed by atoms with Crippen LogP contribution in [-0.4, -0.2) is 43.1 Å².